The Kier molecular flexibility index (Phi) is 17.9. The summed E-state index contributed by atoms with van der Waals surface area (Å²) in [5, 5.41) is 5.63. The van der Waals surface area contributed by atoms with Crippen molar-refractivity contribution >= 4 is 55.8 Å². The zero-order chi connectivity index (χ0) is 38.2. The molecule has 2 aromatic rings. The van der Waals surface area contributed by atoms with E-state index in [1.165, 1.54) is 69.4 Å². The molecule has 0 saturated heterocycles. The lowest BCUT2D eigenvalue weighted by molar-refractivity contribution is -0.140. The summed E-state index contributed by atoms with van der Waals surface area (Å²) in [7, 11) is -3.84. The van der Waals surface area contributed by atoms with Gasteiger partial charge >= 0.3 is 0 Å². The van der Waals surface area contributed by atoms with Crippen LogP contribution in [-0.2, 0) is 35.5 Å². The molecule has 0 radical (unpaired) electrons. The summed E-state index contributed by atoms with van der Waals surface area (Å²) in [6, 6.07) is 8.73. The van der Waals surface area contributed by atoms with Crippen LogP contribution in [0.15, 0.2) is 36.4 Å². The summed E-state index contributed by atoms with van der Waals surface area (Å²) in [6.07, 6.45) is 12.4. The Balaban J connectivity index is 2.21. The van der Waals surface area contributed by atoms with E-state index in [0.717, 1.165) is 25.5 Å². The van der Waals surface area contributed by atoms with Crippen LogP contribution in [0.5, 0.6) is 17.2 Å². The molecular formula is C37H57N3O9S2. The molecule has 0 spiro atoms. The van der Waals surface area contributed by atoms with E-state index in [2.05, 4.69) is 22.3 Å². The fourth-order valence-electron chi connectivity index (χ4n) is 5.07. The number of carbonyl (C=O) groups is 3. The van der Waals surface area contributed by atoms with Crippen molar-refractivity contribution in [2.24, 2.45) is 5.41 Å². The van der Waals surface area contributed by atoms with Gasteiger partial charge in [0.25, 0.3) is 5.91 Å². The summed E-state index contributed by atoms with van der Waals surface area (Å²) in [5.41, 5.74) is -0.429. The zero-order valence-electron chi connectivity index (χ0n) is 31.4. The molecule has 0 aliphatic carbocycles. The number of hydrogen-bond acceptors (Lipinski definition) is 9. The summed E-state index contributed by atoms with van der Waals surface area (Å²) < 4.78 is 55.3. The quantitative estimate of drug-likeness (QED) is 0.0760. The highest BCUT2D eigenvalue weighted by Gasteiger charge is 2.37. The average molecular weight is 752 g/mol. The maximum absolute atomic E-state index is 13.8. The van der Waals surface area contributed by atoms with Gasteiger partial charge in [-0.05, 0) is 44.5 Å². The van der Waals surface area contributed by atoms with Crippen molar-refractivity contribution in [3.8, 4) is 17.2 Å². The summed E-state index contributed by atoms with van der Waals surface area (Å²) >= 11 is -1.70. The molecule has 0 heterocycles. The Bertz CT molecular complexity index is 1590. The number of ketones is 1. The van der Waals surface area contributed by atoms with Gasteiger partial charge in [0.1, 0.15) is 17.2 Å². The van der Waals surface area contributed by atoms with Gasteiger partial charge in [-0.15, -0.1) is 0 Å². The fraction of sp³-hybridized carbons (Fsp3) is 0.595. The molecule has 2 atom stereocenters. The zero-order valence-corrected chi connectivity index (χ0v) is 33.0. The van der Waals surface area contributed by atoms with E-state index in [-0.39, 0.29) is 40.6 Å². The van der Waals surface area contributed by atoms with Crippen LogP contribution >= 0.6 is 0 Å². The smallest absolute Gasteiger partial charge is 0.273 e. The summed E-state index contributed by atoms with van der Waals surface area (Å²) in [5.74, 6) is -1.32. The lowest BCUT2D eigenvalue weighted by Crippen LogP contribution is -2.45. The summed E-state index contributed by atoms with van der Waals surface area (Å²) in [6.45, 7) is 10.7. The monoisotopic (exact) mass is 751 g/mol. The first-order chi connectivity index (χ1) is 23.9. The van der Waals surface area contributed by atoms with Crippen molar-refractivity contribution in [1.29, 1.82) is 0 Å². The number of ether oxygens (including phenoxy) is 2. The van der Waals surface area contributed by atoms with Gasteiger partial charge in [0.05, 0.1) is 23.7 Å². The molecule has 3 N–H and O–H groups in total. The first kappa shape index (κ1) is 43.5. The number of benzene rings is 2. The van der Waals surface area contributed by atoms with Crippen molar-refractivity contribution in [3.63, 3.8) is 0 Å². The minimum atomic E-state index is -3.84. The molecule has 2 amide bonds. The van der Waals surface area contributed by atoms with Gasteiger partial charge in [0.2, 0.25) is 33.1 Å². The normalized spacial score (nSPS) is 12.9. The number of amides is 2. The van der Waals surface area contributed by atoms with Crippen molar-refractivity contribution in [2.45, 2.75) is 124 Å². The predicted molar refractivity (Wildman–Crippen MR) is 204 cm³/mol. The molecule has 2 rings (SSSR count). The molecule has 286 valence electrons. The van der Waals surface area contributed by atoms with E-state index < -0.39 is 44.3 Å². The van der Waals surface area contributed by atoms with Crippen LogP contribution in [0.1, 0.15) is 112 Å². The highest BCUT2D eigenvalue weighted by molar-refractivity contribution is 7.92. The molecule has 0 fully saturated rings. The first-order valence-corrected chi connectivity index (χ1v) is 21.0. The second-order valence-electron chi connectivity index (χ2n) is 14.0. The number of carbonyl (C=O) groups excluding carboxylic acids is 3. The number of anilines is 3. The first-order valence-electron chi connectivity index (χ1n) is 17.7. The second-order valence-corrected chi connectivity index (χ2v) is 16.7. The van der Waals surface area contributed by atoms with E-state index in [0.29, 0.717) is 12.1 Å². The third kappa shape index (κ3) is 16.9. The van der Waals surface area contributed by atoms with Crippen molar-refractivity contribution in [2.75, 3.05) is 27.9 Å². The van der Waals surface area contributed by atoms with Crippen LogP contribution in [0, 0.1) is 5.41 Å². The molecule has 12 nitrogen and oxygen atoms in total. The second kappa shape index (κ2) is 21.0. The Morgan fingerprint density at radius 2 is 1.41 bits per heavy atom. The van der Waals surface area contributed by atoms with Gasteiger partial charge in [-0.1, -0.05) is 85.5 Å². The largest absolute Gasteiger partial charge is 0.489 e. The number of hydrogen-bond donors (Lipinski definition) is 3. The lowest BCUT2D eigenvalue weighted by atomic mass is 9.87. The maximum Gasteiger partial charge on any atom is 0.273 e. The van der Waals surface area contributed by atoms with Gasteiger partial charge in [-0.3, -0.25) is 19.1 Å². The predicted octanol–water partition coefficient (Wildman–Crippen LogP) is 7.77. The molecule has 0 bridgehead atoms. The molecule has 0 saturated carbocycles. The van der Waals surface area contributed by atoms with Crippen LogP contribution in [0.2, 0.25) is 0 Å². The number of Topliss-reactive ketones (excluding diaryl/α,β-unsaturated/α-hetero) is 1. The third-order valence-corrected chi connectivity index (χ3v) is 8.58. The molecule has 0 aliphatic heterocycles. The van der Waals surface area contributed by atoms with Gasteiger partial charge < -0.3 is 24.3 Å². The van der Waals surface area contributed by atoms with E-state index in [1.54, 1.807) is 39.0 Å². The SMILES string of the molecule is CCCCCCCCCCCCC(=O)Nc1ccc(NC(=O)C(Oc2ccc(OS(C)=O)cc2NS(C)(=O)=O)C(=O)C(C)(C)C)c(OC(C)C)c1. The van der Waals surface area contributed by atoms with Crippen LogP contribution < -0.4 is 29.0 Å². The van der Waals surface area contributed by atoms with Crippen molar-refractivity contribution in [3.05, 3.63) is 36.4 Å². The molecule has 0 aromatic heterocycles. The molecule has 2 aromatic carbocycles. The van der Waals surface area contributed by atoms with Crippen LogP contribution in [0.25, 0.3) is 0 Å². The van der Waals surface area contributed by atoms with Gasteiger partial charge in [0, 0.05) is 35.9 Å². The molecule has 0 aliphatic rings. The van der Waals surface area contributed by atoms with E-state index >= 15 is 0 Å². The minimum absolute atomic E-state index is 0.0728. The minimum Gasteiger partial charge on any atom is -0.489 e. The van der Waals surface area contributed by atoms with Gasteiger partial charge in [-0.25, -0.2) is 12.6 Å². The Morgan fingerprint density at radius 3 is 1.96 bits per heavy atom. The topological polar surface area (TPSA) is 166 Å². The highest BCUT2D eigenvalue weighted by Crippen LogP contribution is 2.34. The Labute approximate surface area is 306 Å². The number of sulfonamides is 1. The number of unbranched alkanes of at least 4 members (excludes halogenated alkanes) is 9. The van der Waals surface area contributed by atoms with Crippen molar-refractivity contribution in [1.82, 2.24) is 0 Å². The van der Waals surface area contributed by atoms with E-state index in [4.69, 9.17) is 13.7 Å². The van der Waals surface area contributed by atoms with Crippen LogP contribution in [0.3, 0.4) is 0 Å². The molecule has 51 heavy (non-hydrogen) atoms. The van der Waals surface area contributed by atoms with Crippen LogP contribution in [-0.4, -0.2) is 54.9 Å². The van der Waals surface area contributed by atoms with Crippen LogP contribution in [0.4, 0.5) is 17.1 Å². The third-order valence-electron chi connectivity index (χ3n) is 7.56. The summed E-state index contributed by atoms with van der Waals surface area (Å²) in [4.78, 5) is 40.1. The average Bonchev–Trinajstić information content (AvgIpc) is 3.00. The highest BCUT2D eigenvalue weighted by atomic mass is 32.2. The number of nitrogens with one attached hydrogen (secondary N) is 3. The molecule has 14 heteroatoms. The van der Waals surface area contributed by atoms with E-state index in [1.807, 2.05) is 13.8 Å². The number of rotatable bonds is 23. The van der Waals surface area contributed by atoms with E-state index in [9.17, 15) is 27.0 Å². The van der Waals surface area contributed by atoms with Gasteiger partial charge in [0.15, 0.2) is 5.78 Å². The standard InChI is InChI=1S/C37H57N3O9S2/c1-9-10-11-12-13-14-15-16-17-18-19-33(41)38-27-20-22-29(32(24-27)47-26(2)3)39-36(43)34(35(42)37(4,5)6)48-31-23-21-28(49-50(7)44)25-30(31)40-51(8,45)46/h20-26,34,40H,9-19H2,1-8H3,(H,38,41)(H,39,43). The maximum atomic E-state index is 13.8. The molecular weight excluding hydrogens is 695 g/mol. The lowest BCUT2D eigenvalue weighted by Gasteiger charge is -2.26. The Morgan fingerprint density at radius 1 is 0.804 bits per heavy atom. The van der Waals surface area contributed by atoms with Crippen molar-refractivity contribution < 1.29 is 40.7 Å². The Hall–Kier alpha value is -3.65. The fourth-order valence-corrected chi connectivity index (χ4v) is 6.01. The van der Waals surface area contributed by atoms with Gasteiger partial charge in [-0.2, -0.15) is 0 Å². The molecule has 2 unspecified atom stereocenters.